The van der Waals surface area contributed by atoms with Crippen LogP contribution in [0.2, 0.25) is 0 Å². The summed E-state index contributed by atoms with van der Waals surface area (Å²) in [7, 11) is 6.92. The van der Waals surface area contributed by atoms with Gasteiger partial charge in [0, 0.05) is 75.9 Å². The molecule has 3 aromatic heterocycles. The summed E-state index contributed by atoms with van der Waals surface area (Å²) in [5.41, 5.74) is 5.40. The zero-order chi connectivity index (χ0) is 36.7. The molecule has 7 rings (SSSR count). The lowest BCUT2D eigenvalue weighted by atomic mass is 9.96. The third-order valence-electron chi connectivity index (χ3n) is 10.0. The quantitative estimate of drug-likeness (QED) is 0.115. The van der Waals surface area contributed by atoms with Gasteiger partial charge in [-0.25, -0.2) is 13.8 Å². The van der Waals surface area contributed by atoms with E-state index in [9.17, 15) is 9.59 Å². The predicted molar refractivity (Wildman–Crippen MR) is 195 cm³/mol. The molecule has 1 amide bonds. The molecule has 1 saturated carbocycles. The Morgan fingerprint density at radius 1 is 1.08 bits per heavy atom. The highest BCUT2D eigenvalue weighted by atomic mass is 19.1. The van der Waals surface area contributed by atoms with Gasteiger partial charge in [0.1, 0.15) is 41.0 Å². The number of hydrogen-bond acceptors (Lipinski definition) is 8. The smallest absolute Gasteiger partial charge is 0.248 e. The zero-order valence-corrected chi connectivity index (χ0v) is 29.9. The molecule has 5 aromatic rings. The summed E-state index contributed by atoms with van der Waals surface area (Å²) in [6.07, 6.45) is 7.32. The van der Waals surface area contributed by atoms with Gasteiger partial charge >= 0.3 is 0 Å². The fourth-order valence-corrected chi connectivity index (χ4v) is 7.01. The number of aromatic nitrogens is 3. The zero-order valence-electron chi connectivity index (χ0n) is 29.9. The Morgan fingerprint density at radius 3 is 2.54 bits per heavy atom. The van der Waals surface area contributed by atoms with Gasteiger partial charge in [0.15, 0.2) is 0 Å². The van der Waals surface area contributed by atoms with Crippen molar-refractivity contribution in [3.05, 3.63) is 89.0 Å². The number of rotatable bonds is 13. The number of ketones is 1. The topological polar surface area (TPSA) is 111 Å². The maximum absolute atomic E-state index is 15.3. The van der Waals surface area contributed by atoms with Gasteiger partial charge in [0.2, 0.25) is 11.7 Å². The van der Waals surface area contributed by atoms with E-state index in [1.165, 1.54) is 6.08 Å². The number of ether oxygens (including phenoxy) is 3. The van der Waals surface area contributed by atoms with Crippen molar-refractivity contribution in [3.63, 3.8) is 0 Å². The summed E-state index contributed by atoms with van der Waals surface area (Å²) in [6, 6.07) is 9.48. The molecule has 2 N–H and O–H groups in total. The van der Waals surface area contributed by atoms with Crippen LogP contribution in [-0.2, 0) is 33.8 Å². The van der Waals surface area contributed by atoms with E-state index >= 15 is 8.78 Å². The van der Waals surface area contributed by atoms with Crippen LogP contribution in [0.25, 0.3) is 27.7 Å². The van der Waals surface area contributed by atoms with Gasteiger partial charge in [-0.15, -0.1) is 0 Å². The molecule has 52 heavy (non-hydrogen) atoms. The van der Waals surface area contributed by atoms with E-state index in [1.807, 2.05) is 25.2 Å². The van der Waals surface area contributed by atoms with Gasteiger partial charge in [-0.2, -0.15) is 0 Å². The maximum atomic E-state index is 15.3. The molecule has 4 heterocycles. The number of pyridine rings is 1. The number of nitrogens with zero attached hydrogens (tertiary/aromatic N) is 4. The second-order valence-corrected chi connectivity index (χ2v) is 13.6. The normalized spacial score (nSPS) is 14.9. The maximum Gasteiger partial charge on any atom is 0.248 e. The Kier molecular flexibility index (Phi) is 9.59. The highest BCUT2D eigenvalue weighted by Crippen LogP contribution is 2.47. The fraction of sp³-hybridized carbons (Fsp3) is 0.359. The number of anilines is 2. The Morgan fingerprint density at radius 2 is 1.85 bits per heavy atom. The lowest BCUT2D eigenvalue weighted by molar-refractivity contribution is -0.112. The molecule has 1 aliphatic heterocycles. The molecule has 1 aliphatic carbocycles. The van der Waals surface area contributed by atoms with Gasteiger partial charge in [0.25, 0.3) is 0 Å². The number of carbonyl (C=O) groups is 2. The molecule has 0 bridgehead atoms. The molecule has 2 aliphatic rings. The van der Waals surface area contributed by atoms with Crippen LogP contribution in [0.4, 0.5) is 20.2 Å². The second-order valence-electron chi connectivity index (χ2n) is 13.6. The van der Waals surface area contributed by atoms with Crippen LogP contribution in [0, 0.1) is 11.6 Å². The van der Waals surface area contributed by atoms with Crippen molar-refractivity contribution in [1.82, 2.24) is 19.3 Å². The average Bonchev–Trinajstić information content (AvgIpc) is 3.60. The first-order valence-electron chi connectivity index (χ1n) is 17.3. The number of likely N-dealkylation sites (N-methyl/N-ethyl adjacent to an activating group) is 1. The number of fused-ring (bicyclic) bond motifs is 4. The van der Waals surface area contributed by atoms with Crippen LogP contribution in [0.1, 0.15) is 47.2 Å². The summed E-state index contributed by atoms with van der Waals surface area (Å²) in [5, 5.41) is 5.57. The van der Waals surface area contributed by atoms with Crippen molar-refractivity contribution in [1.29, 1.82) is 0 Å². The number of hydrogen-bond donors (Lipinski definition) is 2. The van der Waals surface area contributed by atoms with E-state index in [-0.39, 0.29) is 16.8 Å². The molecular formula is C39H42F2N6O5. The molecule has 11 nitrogen and oxygen atoms in total. The summed E-state index contributed by atoms with van der Waals surface area (Å²) < 4.78 is 51.5. The van der Waals surface area contributed by atoms with Crippen LogP contribution in [0.5, 0.6) is 5.75 Å². The molecule has 0 atom stereocenters. The van der Waals surface area contributed by atoms with E-state index in [0.29, 0.717) is 45.0 Å². The van der Waals surface area contributed by atoms with Crippen molar-refractivity contribution in [3.8, 4) is 16.9 Å². The summed E-state index contributed by atoms with van der Waals surface area (Å²) in [6.45, 7) is 4.51. The van der Waals surface area contributed by atoms with Crippen molar-refractivity contribution in [2.45, 2.75) is 44.9 Å². The van der Waals surface area contributed by atoms with Crippen molar-refractivity contribution < 1.29 is 32.6 Å². The molecule has 0 radical (unpaired) electrons. The van der Waals surface area contributed by atoms with Crippen LogP contribution in [0.15, 0.2) is 54.7 Å². The minimum Gasteiger partial charge on any atom is -0.496 e. The average molecular weight is 713 g/mol. The molecular weight excluding hydrogens is 670 g/mol. The minimum atomic E-state index is -1.05. The van der Waals surface area contributed by atoms with Crippen molar-refractivity contribution >= 4 is 39.6 Å². The number of nitrogens with one attached hydrogen (secondary N) is 2. The Balaban J connectivity index is 1.27. The molecule has 0 saturated heterocycles. The fourth-order valence-electron chi connectivity index (χ4n) is 7.01. The number of methoxy groups -OCH3 is 3. The van der Waals surface area contributed by atoms with E-state index in [4.69, 9.17) is 19.2 Å². The van der Waals surface area contributed by atoms with E-state index in [2.05, 4.69) is 27.0 Å². The van der Waals surface area contributed by atoms with Gasteiger partial charge in [-0.1, -0.05) is 12.1 Å². The first-order valence-corrected chi connectivity index (χ1v) is 17.3. The Bertz CT molecular complexity index is 2210. The first-order chi connectivity index (χ1) is 25.1. The predicted octanol–water partition coefficient (Wildman–Crippen LogP) is 5.90. The van der Waals surface area contributed by atoms with Crippen LogP contribution in [0.3, 0.4) is 0 Å². The van der Waals surface area contributed by atoms with Gasteiger partial charge in [-0.05, 0) is 56.0 Å². The molecule has 1 fully saturated rings. The third kappa shape index (κ3) is 6.44. The van der Waals surface area contributed by atoms with Gasteiger partial charge < -0.3 is 38.7 Å². The second kappa shape index (κ2) is 14.1. The largest absolute Gasteiger partial charge is 0.496 e. The van der Waals surface area contributed by atoms with Gasteiger partial charge in [-0.3, -0.25) is 9.59 Å². The molecule has 0 spiro atoms. The molecule has 2 aromatic carbocycles. The first kappa shape index (κ1) is 35.3. The Hall–Kier alpha value is -5.11. The van der Waals surface area contributed by atoms with Crippen molar-refractivity contribution in [2.75, 3.05) is 58.3 Å². The number of imidazole rings is 1. The Labute approximate surface area is 300 Å². The van der Waals surface area contributed by atoms with Crippen LogP contribution >= 0.6 is 0 Å². The van der Waals surface area contributed by atoms with Crippen LogP contribution in [-0.4, -0.2) is 79.3 Å². The summed E-state index contributed by atoms with van der Waals surface area (Å²) >= 11 is 0. The summed E-state index contributed by atoms with van der Waals surface area (Å²) in [4.78, 5) is 33.7. The number of carbonyl (C=O) groups excluding carboxylic acids is 2. The lowest BCUT2D eigenvalue weighted by Gasteiger charge is -2.27. The molecule has 13 heteroatoms. The monoisotopic (exact) mass is 712 g/mol. The van der Waals surface area contributed by atoms with E-state index < -0.39 is 29.0 Å². The van der Waals surface area contributed by atoms with E-state index in [0.717, 1.165) is 69.7 Å². The van der Waals surface area contributed by atoms with E-state index in [1.54, 1.807) is 44.1 Å². The minimum absolute atomic E-state index is 0.0926. The highest BCUT2D eigenvalue weighted by molar-refractivity contribution is 6.11. The highest BCUT2D eigenvalue weighted by Gasteiger charge is 2.36. The van der Waals surface area contributed by atoms with Gasteiger partial charge in [0.05, 0.1) is 41.7 Å². The lowest BCUT2D eigenvalue weighted by Crippen LogP contribution is -2.27. The summed E-state index contributed by atoms with van der Waals surface area (Å²) in [5.74, 6) is -1.95. The number of benzene rings is 2. The molecule has 0 unspecified atom stereocenters. The van der Waals surface area contributed by atoms with Crippen molar-refractivity contribution in [2.24, 2.45) is 0 Å². The number of amides is 1. The number of halogens is 2. The standard InChI is InChI=1S/C39H42F2N6O5/c1-39(11-12-39)42-13-6-9-32(48)44-34-26(40)18-24(19-27(34)41)38(49)29-20-23-10-15-45(2)37-33(25-8-7-14-47(29)36(23)25)30(52-5)21-28-35(37)43-31(22-51-4)46(28)16-17-50-3/h6-9,14,18-21,42H,10-13,15-17,22H2,1-5H3,(H,44,48)/b9-6+. The third-order valence-corrected chi connectivity index (χ3v) is 10.0. The SMILES string of the molecule is COCCn1c(COC)nc2c3c(c(OC)cc21)-c1cccn2c(C(=O)c4cc(F)c(NC(=O)/C=C/CNC5(C)CC5)c(F)c4)cc(c12)CCN3C. The molecule has 272 valence electrons. The van der Waals surface area contributed by atoms with Crippen LogP contribution < -0.4 is 20.3 Å².